The number of hydrogen-bond donors (Lipinski definition) is 1. The number of aryl methyl sites for hydroxylation is 1. The van der Waals surface area contributed by atoms with Crippen LogP contribution in [0.4, 0.5) is 0 Å². The fraction of sp³-hybridized carbons (Fsp3) is 0.524. The van der Waals surface area contributed by atoms with Gasteiger partial charge < -0.3 is 5.32 Å². The van der Waals surface area contributed by atoms with Crippen LogP contribution in [0.2, 0.25) is 0 Å². The minimum Gasteiger partial charge on any atom is -0.312 e. The van der Waals surface area contributed by atoms with E-state index in [0.717, 1.165) is 24.7 Å². The van der Waals surface area contributed by atoms with E-state index in [0.29, 0.717) is 12.0 Å². The minimum atomic E-state index is 0.460. The summed E-state index contributed by atoms with van der Waals surface area (Å²) < 4.78 is 2.05. The van der Waals surface area contributed by atoms with Crippen LogP contribution >= 0.6 is 0 Å². The van der Waals surface area contributed by atoms with E-state index in [9.17, 15) is 0 Å². The lowest BCUT2D eigenvalue weighted by Gasteiger charge is -2.42. The summed E-state index contributed by atoms with van der Waals surface area (Å²) in [5.41, 5.74) is 3.25. The van der Waals surface area contributed by atoms with E-state index in [-0.39, 0.29) is 0 Å². The predicted molar refractivity (Wildman–Crippen MR) is 101 cm³/mol. The van der Waals surface area contributed by atoms with E-state index < -0.39 is 0 Å². The molecule has 2 aromatic rings. The summed E-state index contributed by atoms with van der Waals surface area (Å²) in [6.07, 6.45) is 7.14. The van der Waals surface area contributed by atoms with Gasteiger partial charge in [0.15, 0.2) is 0 Å². The third-order valence-electron chi connectivity index (χ3n) is 5.76. The maximum atomic E-state index is 9.06. The molecule has 136 valence electrons. The van der Waals surface area contributed by atoms with E-state index in [4.69, 9.17) is 5.26 Å². The number of nitriles is 1. The van der Waals surface area contributed by atoms with E-state index in [2.05, 4.69) is 45.2 Å². The largest absolute Gasteiger partial charge is 0.312 e. The second-order valence-corrected chi connectivity index (χ2v) is 7.64. The van der Waals surface area contributed by atoms with Gasteiger partial charge in [0.1, 0.15) is 0 Å². The highest BCUT2D eigenvalue weighted by molar-refractivity contribution is 5.32. The van der Waals surface area contributed by atoms with Crippen molar-refractivity contribution >= 4 is 0 Å². The second-order valence-electron chi connectivity index (χ2n) is 7.64. The maximum absolute atomic E-state index is 9.06. The molecule has 4 rings (SSSR count). The van der Waals surface area contributed by atoms with Gasteiger partial charge in [0.25, 0.3) is 0 Å². The molecule has 1 saturated carbocycles. The predicted octanol–water partition coefficient (Wildman–Crippen LogP) is 3.00. The van der Waals surface area contributed by atoms with Gasteiger partial charge in [0.05, 0.1) is 23.4 Å². The lowest BCUT2D eigenvalue weighted by molar-refractivity contribution is 0.0777. The molecule has 2 fully saturated rings. The van der Waals surface area contributed by atoms with Crippen molar-refractivity contribution in [3.8, 4) is 6.07 Å². The average molecular weight is 349 g/mol. The Labute approximate surface area is 155 Å². The molecule has 0 bridgehead atoms. The van der Waals surface area contributed by atoms with Crippen LogP contribution in [-0.4, -0.2) is 33.8 Å². The topological polar surface area (TPSA) is 56.9 Å². The number of likely N-dealkylation sites (tertiary alicyclic amines) is 1. The molecule has 1 N–H and O–H groups in total. The Kier molecular flexibility index (Phi) is 5.05. The zero-order valence-electron chi connectivity index (χ0n) is 15.4. The lowest BCUT2D eigenvalue weighted by Crippen LogP contribution is -2.44. The van der Waals surface area contributed by atoms with Crippen LogP contribution < -0.4 is 5.32 Å². The molecule has 1 aliphatic heterocycles. The first kappa shape index (κ1) is 17.3. The van der Waals surface area contributed by atoms with Crippen LogP contribution in [0.25, 0.3) is 0 Å². The van der Waals surface area contributed by atoms with Crippen LogP contribution in [0.3, 0.4) is 0 Å². The standard InChI is InChI=1S/C21H27N5/c1-25-20(9-10-24-25)21-18(6-3-11-26(21)19-7-8-19)15-23-14-17-5-2-4-16(12-17)13-22/h2,4-5,9-10,12,18-19,21,23H,3,6-8,11,14-15H2,1H3/t18-,21+/m0/s1. The summed E-state index contributed by atoms with van der Waals surface area (Å²) in [6, 6.07) is 13.5. The molecule has 0 amide bonds. The molecule has 5 heteroatoms. The van der Waals surface area contributed by atoms with Crippen molar-refractivity contribution < 1.29 is 0 Å². The Bertz CT molecular complexity index is 786. The van der Waals surface area contributed by atoms with Gasteiger partial charge in [-0.3, -0.25) is 9.58 Å². The van der Waals surface area contributed by atoms with Crippen molar-refractivity contribution in [2.45, 2.75) is 44.3 Å². The molecule has 0 unspecified atom stereocenters. The highest BCUT2D eigenvalue weighted by Gasteiger charge is 2.41. The third-order valence-corrected chi connectivity index (χ3v) is 5.76. The Hall–Kier alpha value is -2.16. The second kappa shape index (κ2) is 7.61. The Morgan fingerprint density at radius 2 is 2.15 bits per heavy atom. The van der Waals surface area contributed by atoms with Crippen molar-refractivity contribution in [3.05, 3.63) is 53.3 Å². The fourth-order valence-electron chi connectivity index (χ4n) is 4.37. The monoisotopic (exact) mass is 349 g/mol. The summed E-state index contributed by atoms with van der Waals surface area (Å²) >= 11 is 0. The lowest BCUT2D eigenvalue weighted by atomic mass is 9.86. The van der Waals surface area contributed by atoms with Crippen molar-refractivity contribution in [1.29, 1.82) is 5.26 Å². The minimum absolute atomic E-state index is 0.460. The Morgan fingerprint density at radius 1 is 1.27 bits per heavy atom. The molecular weight excluding hydrogens is 322 g/mol. The van der Waals surface area contributed by atoms with Crippen LogP contribution in [0.15, 0.2) is 36.5 Å². The third kappa shape index (κ3) is 3.67. The van der Waals surface area contributed by atoms with Crippen LogP contribution in [-0.2, 0) is 13.6 Å². The van der Waals surface area contributed by atoms with E-state index in [1.165, 1.54) is 43.5 Å². The first-order chi connectivity index (χ1) is 12.8. The Morgan fingerprint density at radius 3 is 2.88 bits per heavy atom. The average Bonchev–Trinajstić information content (AvgIpc) is 3.43. The summed E-state index contributed by atoms with van der Waals surface area (Å²) in [7, 11) is 2.06. The number of aromatic nitrogens is 2. The van der Waals surface area contributed by atoms with Crippen molar-refractivity contribution in [1.82, 2.24) is 20.0 Å². The number of hydrogen-bond acceptors (Lipinski definition) is 4. The van der Waals surface area contributed by atoms with Crippen LogP contribution in [0, 0.1) is 17.2 Å². The van der Waals surface area contributed by atoms with Gasteiger partial charge in [-0.15, -0.1) is 0 Å². The highest BCUT2D eigenvalue weighted by atomic mass is 15.3. The zero-order chi connectivity index (χ0) is 17.9. The van der Waals surface area contributed by atoms with Gasteiger partial charge in [-0.1, -0.05) is 12.1 Å². The van der Waals surface area contributed by atoms with Gasteiger partial charge in [-0.05, 0) is 61.9 Å². The normalized spacial score (nSPS) is 23.7. The van der Waals surface area contributed by atoms with E-state index in [1.807, 2.05) is 24.4 Å². The molecule has 2 aliphatic rings. The number of nitrogens with zero attached hydrogens (tertiary/aromatic N) is 4. The number of piperidine rings is 1. The summed E-state index contributed by atoms with van der Waals surface area (Å²) in [4.78, 5) is 2.73. The Balaban J connectivity index is 1.45. The van der Waals surface area contributed by atoms with Crippen LogP contribution in [0.1, 0.15) is 48.5 Å². The van der Waals surface area contributed by atoms with Gasteiger partial charge in [0, 0.05) is 32.4 Å². The van der Waals surface area contributed by atoms with Gasteiger partial charge in [0.2, 0.25) is 0 Å². The molecule has 1 aromatic carbocycles. The zero-order valence-corrected chi connectivity index (χ0v) is 15.4. The van der Waals surface area contributed by atoms with E-state index in [1.54, 1.807) is 0 Å². The highest BCUT2D eigenvalue weighted by Crippen LogP contribution is 2.42. The van der Waals surface area contributed by atoms with Gasteiger partial charge >= 0.3 is 0 Å². The first-order valence-corrected chi connectivity index (χ1v) is 9.69. The molecule has 1 aliphatic carbocycles. The molecule has 2 heterocycles. The molecule has 26 heavy (non-hydrogen) atoms. The smallest absolute Gasteiger partial charge is 0.0991 e. The molecule has 0 spiro atoms. The summed E-state index contributed by atoms with van der Waals surface area (Å²) in [5, 5.41) is 17.1. The van der Waals surface area contributed by atoms with Crippen molar-refractivity contribution in [3.63, 3.8) is 0 Å². The SMILES string of the molecule is Cn1nccc1[C@H]1[C@H](CNCc2cccc(C#N)c2)CCCN1C1CC1. The number of nitrogens with one attached hydrogen (secondary N) is 1. The van der Waals surface area contributed by atoms with Crippen molar-refractivity contribution in [2.24, 2.45) is 13.0 Å². The molecule has 1 saturated heterocycles. The summed E-state index contributed by atoms with van der Waals surface area (Å²) in [6.45, 7) is 3.02. The van der Waals surface area contributed by atoms with Crippen molar-refractivity contribution in [2.75, 3.05) is 13.1 Å². The molecule has 2 atom stereocenters. The quantitative estimate of drug-likeness (QED) is 0.871. The summed E-state index contributed by atoms with van der Waals surface area (Å²) in [5.74, 6) is 0.596. The van der Waals surface area contributed by atoms with Crippen LogP contribution in [0.5, 0.6) is 0 Å². The number of benzene rings is 1. The maximum Gasteiger partial charge on any atom is 0.0991 e. The molecule has 1 aromatic heterocycles. The van der Waals surface area contributed by atoms with Gasteiger partial charge in [-0.2, -0.15) is 10.4 Å². The molecule has 5 nitrogen and oxygen atoms in total. The van der Waals surface area contributed by atoms with E-state index >= 15 is 0 Å². The first-order valence-electron chi connectivity index (χ1n) is 9.69. The van der Waals surface area contributed by atoms with Gasteiger partial charge in [-0.25, -0.2) is 0 Å². The number of rotatable bonds is 6. The fourth-order valence-corrected chi connectivity index (χ4v) is 4.37. The molecular formula is C21H27N5. The molecule has 0 radical (unpaired) electrons.